The van der Waals surface area contributed by atoms with Crippen LogP contribution in [0, 0.1) is 12.7 Å². The Morgan fingerprint density at radius 2 is 2.17 bits per heavy atom. The lowest BCUT2D eigenvalue weighted by atomic mass is 9.93. The van der Waals surface area contributed by atoms with Crippen LogP contribution in [-0.4, -0.2) is 42.3 Å². The average molecular weight is 431 g/mol. The van der Waals surface area contributed by atoms with Crippen molar-refractivity contribution < 1.29 is 13.7 Å². The number of halogens is 1. The molecule has 0 bridgehead atoms. The number of rotatable bonds is 7. The normalized spacial score (nSPS) is 15.5. The zero-order valence-electron chi connectivity index (χ0n) is 17.1. The van der Waals surface area contributed by atoms with Crippen molar-refractivity contribution in [2.24, 2.45) is 0 Å². The van der Waals surface area contributed by atoms with Crippen molar-refractivity contribution in [3.63, 3.8) is 0 Å². The van der Waals surface area contributed by atoms with E-state index in [1.54, 1.807) is 23.5 Å². The lowest BCUT2D eigenvalue weighted by Gasteiger charge is -2.31. The van der Waals surface area contributed by atoms with Crippen LogP contribution in [0.4, 0.5) is 14.9 Å². The highest BCUT2D eigenvalue weighted by atomic mass is 32.1. The van der Waals surface area contributed by atoms with Gasteiger partial charge in [0.25, 0.3) is 0 Å². The van der Waals surface area contributed by atoms with E-state index in [1.165, 1.54) is 22.4 Å². The van der Waals surface area contributed by atoms with Crippen molar-refractivity contribution in [2.75, 3.05) is 31.5 Å². The van der Waals surface area contributed by atoms with Gasteiger partial charge in [0, 0.05) is 23.7 Å². The van der Waals surface area contributed by atoms with Crippen LogP contribution in [0.15, 0.2) is 34.2 Å². The Hall–Kier alpha value is -2.45. The zero-order chi connectivity index (χ0) is 20.9. The van der Waals surface area contributed by atoms with Crippen molar-refractivity contribution in [3.05, 3.63) is 46.7 Å². The number of likely N-dealkylation sites (tertiary alicyclic amines) is 1. The minimum absolute atomic E-state index is 0.302. The molecule has 2 aromatic heterocycles. The van der Waals surface area contributed by atoms with Gasteiger partial charge in [-0.1, -0.05) is 11.2 Å². The molecule has 3 heterocycles. The third-order valence-electron chi connectivity index (χ3n) is 5.63. The van der Waals surface area contributed by atoms with E-state index in [2.05, 4.69) is 33.0 Å². The Bertz CT molecular complexity index is 994. The summed E-state index contributed by atoms with van der Waals surface area (Å²) in [6, 6.07) is 5.58. The quantitative estimate of drug-likeness (QED) is 0.511. The maximum absolute atomic E-state index is 13.1. The van der Waals surface area contributed by atoms with Crippen LogP contribution in [0.3, 0.4) is 0 Å². The van der Waals surface area contributed by atoms with Gasteiger partial charge in [0.2, 0.25) is 0 Å². The summed E-state index contributed by atoms with van der Waals surface area (Å²) in [5, 5.41) is 12.0. The Balaban J connectivity index is 1.12. The van der Waals surface area contributed by atoms with Crippen molar-refractivity contribution in [2.45, 2.75) is 38.5 Å². The zero-order valence-corrected chi connectivity index (χ0v) is 17.9. The third-order valence-corrected chi connectivity index (χ3v) is 6.73. The van der Waals surface area contributed by atoms with E-state index in [9.17, 15) is 9.18 Å². The van der Waals surface area contributed by atoms with Gasteiger partial charge in [-0.3, -0.25) is 0 Å². The second-order valence-corrected chi connectivity index (χ2v) is 8.74. The monoisotopic (exact) mass is 430 g/mol. The third kappa shape index (κ3) is 4.99. The molecule has 0 atom stereocenters. The summed E-state index contributed by atoms with van der Waals surface area (Å²) in [7, 11) is 0. The van der Waals surface area contributed by atoms with Crippen LogP contribution >= 0.6 is 11.3 Å². The topological polar surface area (TPSA) is 70.4 Å². The van der Waals surface area contributed by atoms with Gasteiger partial charge >= 0.3 is 6.03 Å². The molecule has 2 amide bonds. The van der Waals surface area contributed by atoms with E-state index < -0.39 is 0 Å². The predicted molar refractivity (Wildman–Crippen MR) is 118 cm³/mol. The Kier molecular flexibility index (Phi) is 6.64. The average Bonchev–Trinajstić information content (AvgIpc) is 3.31. The number of fused-ring (bicyclic) bond motifs is 1. The largest absolute Gasteiger partial charge is 0.355 e. The fraction of sp³-hybridized carbons (Fsp3) is 0.455. The van der Waals surface area contributed by atoms with Crippen molar-refractivity contribution in [1.82, 2.24) is 15.4 Å². The van der Waals surface area contributed by atoms with Gasteiger partial charge in [0.1, 0.15) is 11.5 Å². The van der Waals surface area contributed by atoms with Crippen molar-refractivity contribution in [1.29, 1.82) is 0 Å². The van der Waals surface area contributed by atoms with Gasteiger partial charge in [-0.05, 0) is 75.8 Å². The van der Waals surface area contributed by atoms with E-state index >= 15 is 0 Å². The van der Waals surface area contributed by atoms with Gasteiger partial charge in [0.05, 0.1) is 4.70 Å². The van der Waals surface area contributed by atoms with Gasteiger partial charge in [-0.15, -0.1) is 11.3 Å². The van der Waals surface area contributed by atoms with Crippen LogP contribution in [0.2, 0.25) is 0 Å². The summed E-state index contributed by atoms with van der Waals surface area (Å²) in [5.74, 6) is 0.115. The summed E-state index contributed by atoms with van der Waals surface area (Å²) in [6.45, 7) is 5.84. The number of aromatic nitrogens is 1. The smallest absolute Gasteiger partial charge is 0.319 e. The first-order valence-corrected chi connectivity index (χ1v) is 11.3. The molecule has 0 aliphatic carbocycles. The standard InChI is InChI=1S/C22H27FN4O2S/c1-15-14-30-21-19(26-29-20(15)21)16-7-11-27(12-8-16)10-3-2-9-24-22(28)25-18-6-4-5-17(23)13-18/h4-6,13-14,16H,2-3,7-12H2,1H3,(H2,24,25,28). The first-order chi connectivity index (χ1) is 14.6. The Morgan fingerprint density at radius 3 is 2.97 bits per heavy atom. The molecular weight excluding hydrogens is 403 g/mol. The van der Waals surface area contributed by atoms with E-state index in [1.807, 2.05) is 0 Å². The maximum atomic E-state index is 13.1. The number of thiophene rings is 1. The highest BCUT2D eigenvalue weighted by Crippen LogP contribution is 2.36. The minimum atomic E-state index is -0.366. The molecule has 1 aliphatic rings. The molecular formula is C22H27FN4O2S. The number of amides is 2. The number of piperidine rings is 1. The molecule has 0 saturated carbocycles. The number of carbonyl (C=O) groups is 1. The molecule has 6 nitrogen and oxygen atoms in total. The number of nitrogens with one attached hydrogen (secondary N) is 2. The first-order valence-electron chi connectivity index (χ1n) is 10.5. The Labute approximate surface area is 179 Å². The summed E-state index contributed by atoms with van der Waals surface area (Å²) >= 11 is 1.74. The van der Waals surface area contributed by atoms with Crippen LogP contribution in [-0.2, 0) is 0 Å². The van der Waals surface area contributed by atoms with Gasteiger partial charge in [-0.25, -0.2) is 9.18 Å². The first kappa shape index (κ1) is 20.8. The minimum Gasteiger partial charge on any atom is -0.355 e. The van der Waals surface area contributed by atoms with Crippen molar-refractivity contribution >= 4 is 33.3 Å². The van der Waals surface area contributed by atoms with Gasteiger partial charge in [0.15, 0.2) is 5.58 Å². The fourth-order valence-corrected chi connectivity index (χ4v) is 4.99. The molecule has 0 radical (unpaired) electrons. The summed E-state index contributed by atoms with van der Waals surface area (Å²) in [4.78, 5) is 14.4. The molecule has 160 valence electrons. The lowest BCUT2D eigenvalue weighted by molar-refractivity contribution is 0.205. The van der Waals surface area contributed by atoms with Crippen molar-refractivity contribution in [3.8, 4) is 0 Å². The number of nitrogens with zero attached hydrogens (tertiary/aromatic N) is 2. The van der Waals surface area contributed by atoms with E-state index in [4.69, 9.17) is 4.52 Å². The number of anilines is 1. The molecule has 30 heavy (non-hydrogen) atoms. The number of urea groups is 1. The summed E-state index contributed by atoms with van der Waals surface area (Å²) < 4.78 is 19.9. The SMILES string of the molecule is Cc1csc2c(C3CCN(CCCCNC(=O)Nc4cccc(F)c4)CC3)noc12. The molecule has 0 spiro atoms. The Morgan fingerprint density at radius 1 is 1.33 bits per heavy atom. The molecule has 1 saturated heterocycles. The number of carbonyl (C=O) groups excluding carboxylic acids is 1. The molecule has 1 fully saturated rings. The number of aryl methyl sites for hydroxylation is 1. The molecule has 2 N–H and O–H groups in total. The number of unbranched alkanes of at least 4 members (excludes halogenated alkanes) is 1. The molecule has 3 aromatic rings. The van der Waals surface area contributed by atoms with Gasteiger partial charge < -0.3 is 20.1 Å². The molecule has 1 aliphatic heterocycles. The van der Waals surface area contributed by atoms with Crippen LogP contribution < -0.4 is 10.6 Å². The van der Waals surface area contributed by atoms with Crippen LogP contribution in [0.5, 0.6) is 0 Å². The summed E-state index contributed by atoms with van der Waals surface area (Å²) in [5.41, 5.74) is 3.71. The van der Waals surface area contributed by atoms with Crippen LogP contribution in [0.1, 0.15) is 42.9 Å². The fourth-order valence-electron chi connectivity index (χ4n) is 3.95. The highest BCUT2D eigenvalue weighted by molar-refractivity contribution is 7.17. The highest BCUT2D eigenvalue weighted by Gasteiger charge is 2.25. The molecule has 1 aromatic carbocycles. The van der Waals surface area contributed by atoms with E-state index in [0.29, 0.717) is 18.2 Å². The van der Waals surface area contributed by atoms with E-state index in [-0.39, 0.29) is 11.8 Å². The second kappa shape index (κ2) is 9.57. The number of hydrogen-bond donors (Lipinski definition) is 2. The second-order valence-electron chi connectivity index (χ2n) is 7.86. The molecule has 8 heteroatoms. The number of benzene rings is 1. The lowest BCUT2D eigenvalue weighted by Crippen LogP contribution is -2.34. The summed E-state index contributed by atoms with van der Waals surface area (Å²) in [6.07, 6.45) is 4.15. The maximum Gasteiger partial charge on any atom is 0.319 e. The predicted octanol–water partition coefficient (Wildman–Crippen LogP) is 5.12. The molecule has 0 unspecified atom stereocenters. The van der Waals surface area contributed by atoms with E-state index in [0.717, 1.165) is 56.6 Å². The van der Waals surface area contributed by atoms with Gasteiger partial charge in [-0.2, -0.15) is 0 Å². The van der Waals surface area contributed by atoms with Crippen LogP contribution in [0.25, 0.3) is 10.3 Å². The number of hydrogen-bond acceptors (Lipinski definition) is 5. The molecule has 4 rings (SSSR count).